The van der Waals surface area contributed by atoms with Crippen molar-refractivity contribution in [3.8, 4) is 0 Å². The lowest BCUT2D eigenvalue weighted by atomic mass is 9.97. The summed E-state index contributed by atoms with van der Waals surface area (Å²) in [4.78, 5) is 0. The molecule has 0 bridgehead atoms. The maximum absolute atomic E-state index is 13.9. The molecule has 1 aromatic rings. The Hall–Kier alpha value is -1.00. The van der Waals surface area contributed by atoms with Crippen LogP contribution in [0, 0.1) is 11.6 Å². The van der Waals surface area contributed by atoms with Crippen LogP contribution in [0.1, 0.15) is 45.6 Å². The number of benzene rings is 1. The van der Waals surface area contributed by atoms with Crippen LogP contribution in [0.3, 0.4) is 0 Å². The predicted octanol–water partition coefficient (Wildman–Crippen LogP) is 4.08. The summed E-state index contributed by atoms with van der Waals surface area (Å²) in [5, 5.41) is 3.42. The normalized spacial score (nSPS) is 14.1. The van der Waals surface area contributed by atoms with Crippen LogP contribution in [0.25, 0.3) is 0 Å². The van der Waals surface area contributed by atoms with Crippen LogP contribution >= 0.6 is 0 Å². The summed E-state index contributed by atoms with van der Waals surface area (Å²) in [5.41, 5.74) is 0.407. The number of rotatable bonds is 10. The van der Waals surface area contributed by atoms with E-state index in [4.69, 9.17) is 4.74 Å². The van der Waals surface area contributed by atoms with Crippen molar-refractivity contribution in [2.24, 2.45) is 0 Å². The second kappa shape index (κ2) is 9.85. The molecule has 2 atom stereocenters. The van der Waals surface area contributed by atoms with Crippen molar-refractivity contribution < 1.29 is 13.5 Å². The van der Waals surface area contributed by atoms with Crippen molar-refractivity contribution in [2.75, 3.05) is 13.2 Å². The first kappa shape index (κ1) is 18.1. The number of halogens is 2. The summed E-state index contributed by atoms with van der Waals surface area (Å²) in [6.07, 6.45) is 3.36. The highest BCUT2D eigenvalue weighted by Crippen LogP contribution is 2.17. The second-order valence-corrected chi connectivity index (χ2v) is 5.28. The van der Waals surface area contributed by atoms with Gasteiger partial charge < -0.3 is 10.1 Å². The van der Waals surface area contributed by atoms with Crippen LogP contribution in [-0.2, 0) is 11.2 Å². The van der Waals surface area contributed by atoms with Crippen molar-refractivity contribution in [3.05, 3.63) is 35.4 Å². The summed E-state index contributed by atoms with van der Waals surface area (Å²) < 4.78 is 33.0. The molecule has 4 heteroatoms. The molecule has 1 N–H and O–H groups in total. The Balaban J connectivity index is 2.86. The number of ether oxygens (including phenoxy) is 1. The van der Waals surface area contributed by atoms with Gasteiger partial charge in [0, 0.05) is 12.6 Å². The van der Waals surface area contributed by atoms with Crippen molar-refractivity contribution in [1.82, 2.24) is 5.32 Å². The van der Waals surface area contributed by atoms with Crippen molar-refractivity contribution >= 4 is 0 Å². The maximum Gasteiger partial charge on any atom is 0.126 e. The molecule has 0 aliphatic carbocycles. The molecule has 0 aromatic heterocycles. The lowest BCUT2D eigenvalue weighted by molar-refractivity contribution is 0.0280. The molecule has 0 spiro atoms. The van der Waals surface area contributed by atoms with E-state index in [9.17, 15) is 8.78 Å². The minimum Gasteiger partial charge on any atom is -0.377 e. The summed E-state index contributed by atoms with van der Waals surface area (Å²) in [7, 11) is 0. The van der Waals surface area contributed by atoms with E-state index in [0.717, 1.165) is 31.9 Å². The molecule has 21 heavy (non-hydrogen) atoms. The molecule has 0 aliphatic rings. The zero-order chi connectivity index (χ0) is 15.7. The van der Waals surface area contributed by atoms with E-state index in [-0.39, 0.29) is 18.0 Å². The highest BCUT2D eigenvalue weighted by Gasteiger charge is 2.22. The number of hydrogen-bond acceptors (Lipinski definition) is 2. The first-order valence-corrected chi connectivity index (χ1v) is 7.91. The van der Waals surface area contributed by atoms with Gasteiger partial charge in [0.25, 0.3) is 0 Å². The fraction of sp³-hybridized carbons (Fsp3) is 0.647. The quantitative estimate of drug-likeness (QED) is 0.703. The standard InChI is InChI=1S/C17H27F2NO/c1-4-7-17(21-6-3)16(20-10-5-2)12-13-11-14(18)8-9-15(13)19/h8-9,11,16-17,20H,4-7,10,12H2,1-3H3. The molecule has 0 heterocycles. The summed E-state index contributed by atoms with van der Waals surface area (Å²) in [6, 6.07) is 3.63. The summed E-state index contributed by atoms with van der Waals surface area (Å²) >= 11 is 0. The Morgan fingerprint density at radius 3 is 2.52 bits per heavy atom. The van der Waals surface area contributed by atoms with Crippen molar-refractivity contribution in [2.45, 2.75) is 58.6 Å². The molecule has 0 aliphatic heterocycles. The molecule has 2 nitrogen and oxygen atoms in total. The molecule has 1 rings (SSSR count). The smallest absolute Gasteiger partial charge is 0.126 e. The number of hydrogen-bond donors (Lipinski definition) is 1. The van der Waals surface area contributed by atoms with Crippen LogP contribution in [-0.4, -0.2) is 25.3 Å². The van der Waals surface area contributed by atoms with Gasteiger partial charge in [-0.3, -0.25) is 0 Å². The Labute approximate surface area is 126 Å². The van der Waals surface area contributed by atoms with Crippen molar-refractivity contribution in [3.63, 3.8) is 0 Å². The lowest BCUT2D eigenvalue weighted by Gasteiger charge is -2.28. The van der Waals surface area contributed by atoms with Crippen LogP contribution in [0.15, 0.2) is 18.2 Å². The molecule has 0 saturated heterocycles. The van der Waals surface area contributed by atoms with E-state index in [1.165, 1.54) is 12.1 Å². The van der Waals surface area contributed by atoms with Gasteiger partial charge in [0.2, 0.25) is 0 Å². The van der Waals surface area contributed by atoms with Gasteiger partial charge in [0.15, 0.2) is 0 Å². The third-order valence-corrected chi connectivity index (χ3v) is 3.51. The van der Waals surface area contributed by atoms with Gasteiger partial charge in [-0.25, -0.2) is 8.78 Å². The van der Waals surface area contributed by atoms with Crippen molar-refractivity contribution in [1.29, 1.82) is 0 Å². The van der Waals surface area contributed by atoms with E-state index in [1.54, 1.807) is 0 Å². The third kappa shape index (κ3) is 6.10. The first-order valence-electron chi connectivity index (χ1n) is 7.91. The van der Waals surface area contributed by atoms with Gasteiger partial charge in [-0.2, -0.15) is 0 Å². The van der Waals surface area contributed by atoms with E-state index in [2.05, 4.69) is 19.2 Å². The number of nitrogens with one attached hydrogen (secondary N) is 1. The molecule has 0 amide bonds. The van der Waals surface area contributed by atoms with Gasteiger partial charge in [-0.1, -0.05) is 20.3 Å². The van der Waals surface area contributed by atoms with E-state index in [1.807, 2.05) is 6.92 Å². The fourth-order valence-electron chi connectivity index (χ4n) is 2.50. The Bertz CT molecular complexity index is 406. The van der Waals surface area contributed by atoms with Crippen LogP contribution < -0.4 is 5.32 Å². The largest absolute Gasteiger partial charge is 0.377 e. The SMILES string of the molecule is CCCNC(Cc1cc(F)ccc1F)C(CCC)OCC. The van der Waals surface area contributed by atoms with Gasteiger partial charge >= 0.3 is 0 Å². The average Bonchev–Trinajstić information content (AvgIpc) is 2.47. The highest BCUT2D eigenvalue weighted by atomic mass is 19.1. The molecule has 0 saturated carbocycles. The average molecular weight is 299 g/mol. The van der Waals surface area contributed by atoms with E-state index >= 15 is 0 Å². The summed E-state index contributed by atoms with van der Waals surface area (Å²) in [5.74, 6) is -0.754. The molecule has 2 unspecified atom stereocenters. The van der Waals surface area contributed by atoms with Gasteiger partial charge in [0.05, 0.1) is 6.10 Å². The molecule has 0 radical (unpaired) electrons. The minimum absolute atomic E-state index is 0.00106. The van der Waals surface area contributed by atoms with Gasteiger partial charge in [-0.05, 0) is 56.5 Å². The van der Waals surface area contributed by atoms with Crippen LogP contribution in [0.4, 0.5) is 8.78 Å². The molecule has 0 fully saturated rings. The molecular formula is C17H27F2NO. The van der Waals surface area contributed by atoms with E-state index < -0.39 is 5.82 Å². The van der Waals surface area contributed by atoms with Gasteiger partial charge in [0.1, 0.15) is 11.6 Å². The van der Waals surface area contributed by atoms with Crippen LogP contribution in [0.5, 0.6) is 0 Å². The topological polar surface area (TPSA) is 21.3 Å². The Morgan fingerprint density at radius 2 is 1.90 bits per heavy atom. The molecule has 1 aromatic carbocycles. The Morgan fingerprint density at radius 1 is 1.14 bits per heavy atom. The minimum atomic E-state index is -0.399. The second-order valence-electron chi connectivity index (χ2n) is 5.28. The molecular weight excluding hydrogens is 272 g/mol. The third-order valence-electron chi connectivity index (χ3n) is 3.51. The fourth-order valence-corrected chi connectivity index (χ4v) is 2.50. The highest BCUT2D eigenvalue weighted by molar-refractivity contribution is 5.20. The zero-order valence-corrected chi connectivity index (χ0v) is 13.3. The van der Waals surface area contributed by atoms with E-state index in [0.29, 0.717) is 18.6 Å². The van der Waals surface area contributed by atoms with Gasteiger partial charge in [-0.15, -0.1) is 0 Å². The first-order chi connectivity index (χ1) is 10.1. The predicted molar refractivity (Wildman–Crippen MR) is 82.5 cm³/mol. The zero-order valence-electron chi connectivity index (χ0n) is 13.3. The maximum atomic E-state index is 13.9. The monoisotopic (exact) mass is 299 g/mol. The lowest BCUT2D eigenvalue weighted by Crippen LogP contribution is -2.43. The molecule has 120 valence electrons. The summed E-state index contributed by atoms with van der Waals surface area (Å²) in [6.45, 7) is 7.62. The Kier molecular flexibility index (Phi) is 8.47. The van der Waals surface area contributed by atoms with Crippen LogP contribution in [0.2, 0.25) is 0 Å².